The van der Waals surface area contributed by atoms with E-state index in [1.165, 1.54) is 50.8 Å². The Morgan fingerprint density at radius 2 is 2.13 bits per heavy atom. The van der Waals surface area contributed by atoms with Gasteiger partial charge in [0.25, 0.3) is 0 Å². The lowest BCUT2D eigenvalue weighted by Crippen LogP contribution is -2.31. The third-order valence-electron chi connectivity index (χ3n) is 3.79. The Hall–Kier alpha value is -0.830. The zero-order valence-corrected chi connectivity index (χ0v) is 9.15. The Morgan fingerprint density at radius 3 is 2.80 bits per heavy atom. The van der Waals surface area contributed by atoms with E-state index < -0.39 is 0 Å². The standard InChI is InChI=1S/C12H19N3/c1-2-8-13-11(6-1)12-7-9-14-15(12)10-4-3-5-10/h7,9-11,13H,1-6,8H2/t11-/m1/s1. The van der Waals surface area contributed by atoms with Gasteiger partial charge in [0.1, 0.15) is 0 Å². The molecule has 1 aliphatic heterocycles. The molecule has 1 saturated heterocycles. The molecule has 1 aliphatic carbocycles. The van der Waals surface area contributed by atoms with Crippen molar-refractivity contribution >= 4 is 0 Å². The van der Waals surface area contributed by atoms with Crippen LogP contribution in [0.5, 0.6) is 0 Å². The summed E-state index contributed by atoms with van der Waals surface area (Å²) >= 11 is 0. The lowest BCUT2D eigenvalue weighted by Gasteiger charge is -2.31. The van der Waals surface area contributed by atoms with E-state index in [1.54, 1.807) is 0 Å². The summed E-state index contributed by atoms with van der Waals surface area (Å²) in [5.74, 6) is 0. The van der Waals surface area contributed by atoms with Crippen molar-refractivity contribution in [3.8, 4) is 0 Å². The summed E-state index contributed by atoms with van der Waals surface area (Å²) in [4.78, 5) is 0. The fraction of sp³-hybridized carbons (Fsp3) is 0.750. The van der Waals surface area contributed by atoms with Crippen molar-refractivity contribution in [2.24, 2.45) is 0 Å². The van der Waals surface area contributed by atoms with Crippen LogP contribution in [0.15, 0.2) is 12.3 Å². The quantitative estimate of drug-likeness (QED) is 0.803. The summed E-state index contributed by atoms with van der Waals surface area (Å²) in [6.07, 6.45) is 9.94. The zero-order valence-electron chi connectivity index (χ0n) is 9.15. The van der Waals surface area contributed by atoms with Crippen molar-refractivity contribution in [1.29, 1.82) is 0 Å². The molecule has 1 atom stereocenters. The van der Waals surface area contributed by atoms with Gasteiger partial charge in [-0.05, 0) is 44.7 Å². The van der Waals surface area contributed by atoms with Gasteiger partial charge in [-0.3, -0.25) is 4.68 Å². The molecule has 3 rings (SSSR count). The van der Waals surface area contributed by atoms with Crippen LogP contribution in [0.1, 0.15) is 56.3 Å². The first-order valence-corrected chi connectivity index (χ1v) is 6.22. The highest BCUT2D eigenvalue weighted by molar-refractivity contribution is 5.09. The Balaban J connectivity index is 1.80. The molecule has 82 valence electrons. The van der Waals surface area contributed by atoms with Crippen LogP contribution in [0.4, 0.5) is 0 Å². The number of hydrogen-bond acceptors (Lipinski definition) is 2. The molecule has 0 radical (unpaired) electrons. The highest BCUT2D eigenvalue weighted by atomic mass is 15.3. The van der Waals surface area contributed by atoms with Gasteiger partial charge in [0, 0.05) is 12.2 Å². The lowest BCUT2D eigenvalue weighted by atomic mass is 9.92. The Labute approximate surface area is 90.9 Å². The van der Waals surface area contributed by atoms with Crippen molar-refractivity contribution in [2.75, 3.05) is 6.54 Å². The largest absolute Gasteiger partial charge is 0.309 e. The van der Waals surface area contributed by atoms with Gasteiger partial charge in [0.05, 0.1) is 11.7 Å². The molecule has 0 bridgehead atoms. The fourth-order valence-electron chi connectivity index (χ4n) is 2.64. The highest BCUT2D eigenvalue weighted by Gasteiger charge is 2.25. The third kappa shape index (κ3) is 1.69. The first-order valence-electron chi connectivity index (χ1n) is 6.22. The van der Waals surface area contributed by atoms with E-state index in [4.69, 9.17) is 0 Å². The normalized spacial score (nSPS) is 27.6. The van der Waals surface area contributed by atoms with Crippen LogP contribution in [0.3, 0.4) is 0 Å². The number of aromatic nitrogens is 2. The van der Waals surface area contributed by atoms with Gasteiger partial charge in [-0.25, -0.2) is 0 Å². The van der Waals surface area contributed by atoms with Crippen LogP contribution in [0, 0.1) is 0 Å². The van der Waals surface area contributed by atoms with Gasteiger partial charge in [-0.15, -0.1) is 0 Å². The van der Waals surface area contributed by atoms with E-state index in [0.717, 1.165) is 0 Å². The number of hydrogen-bond donors (Lipinski definition) is 1. The first kappa shape index (κ1) is 9.40. The van der Waals surface area contributed by atoms with Crippen molar-refractivity contribution < 1.29 is 0 Å². The van der Waals surface area contributed by atoms with E-state index in [-0.39, 0.29) is 0 Å². The molecule has 1 aromatic heterocycles. The van der Waals surface area contributed by atoms with Gasteiger partial charge < -0.3 is 5.32 Å². The minimum Gasteiger partial charge on any atom is -0.309 e. The van der Waals surface area contributed by atoms with E-state index >= 15 is 0 Å². The van der Waals surface area contributed by atoms with E-state index in [2.05, 4.69) is 21.2 Å². The van der Waals surface area contributed by atoms with Crippen LogP contribution in [0.2, 0.25) is 0 Å². The second kappa shape index (κ2) is 3.97. The number of nitrogens with zero attached hydrogens (tertiary/aromatic N) is 2. The molecule has 0 aromatic carbocycles. The fourth-order valence-corrected chi connectivity index (χ4v) is 2.64. The minimum absolute atomic E-state index is 0.557. The van der Waals surface area contributed by atoms with Gasteiger partial charge in [0.2, 0.25) is 0 Å². The molecule has 0 unspecified atom stereocenters. The van der Waals surface area contributed by atoms with Gasteiger partial charge in [-0.1, -0.05) is 6.42 Å². The second-order valence-corrected chi connectivity index (χ2v) is 4.79. The minimum atomic E-state index is 0.557. The smallest absolute Gasteiger partial charge is 0.0556 e. The van der Waals surface area contributed by atoms with Crippen LogP contribution in [0.25, 0.3) is 0 Å². The molecule has 1 N–H and O–H groups in total. The predicted molar refractivity (Wildman–Crippen MR) is 59.7 cm³/mol. The topological polar surface area (TPSA) is 29.9 Å². The molecular weight excluding hydrogens is 186 g/mol. The summed E-state index contributed by atoms with van der Waals surface area (Å²) in [5.41, 5.74) is 1.42. The van der Waals surface area contributed by atoms with Gasteiger partial charge in [-0.2, -0.15) is 5.10 Å². The van der Waals surface area contributed by atoms with Crippen LogP contribution in [-0.2, 0) is 0 Å². The monoisotopic (exact) mass is 205 g/mol. The van der Waals surface area contributed by atoms with Crippen molar-refractivity contribution in [2.45, 2.75) is 50.6 Å². The Morgan fingerprint density at radius 1 is 1.20 bits per heavy atom. The van der Waals surface area contributed by atoms with Crippen molar-refractivity contribution in [1.82, 2.24) is 15.1 Å². The zero-order chi connectivity index (χ0) is 10.1. The number of piperidine rings is 1. The molecule has 2 fully saturated rings. The Bertz CT molecular complexity index is 321. The maximum atomic E-state index is 4.49. The summed E-state index contributed by atoms with van der Waals surface area (Å²) < 4.78 is 2.27. The third-order valence-corrected chi connectivity index (χ3v) is 3.79. The SMILES string of the molecule is c1cc([C@H]2CCCCN2)n(C2CCC2)n1. The molecule has 0 spiro atoms. The average Bonchev–Trinajstić information content (AvgIpc) is 2.65. The summed E-state index contributed by atoms with van der Waals surface area (Å²) in [6, 6.07) is 3.45. The lowest BCUT2D eigenvalue weighted by molar-refractivity contribution is 0.267. The molecule has 3 nitrogen and oxygen atoms in total. The van der Waals surface area contributed by atoms with Crippen LogP contribution < -0.4 is 5.32 Å². The molecule has 15 heavy (non-hydrogen) atoms. The van der Waals surface area contributed by atoms with Crippen LogP contribution in [-0.4, -0.2) is 16.3 Å². The summed E-state index contributed by atoms with van der Waals surface area (Å²) in [7, 11) is 0. The molecule has 1 aromatic rings. The molecule has 1 saturated carbocycles. The molecular formula is C12H19N3. The van der Waals surface area contributed by atoms with Crippen molar-refractivity contribution in [3.63, 3.8) is 0 Å². The maximum absolute atomic E-state index is 4.49. The molecule has 3 heteroatoms. The highest BCUT2D eigenvalue weighted by Crippen LogP contribution is 2.34. The summed E-state index contributed by atoms with van der Waals surface area (Å²) in [6.45, 7) is 1.17. The molecule has 2 heterocycles. The second-order valence-electron chi connectivity index (χ2n) is 4.79. The van der Waals surface area contributed by atoms with Crippen LogP contribution >= 0.6 is 0 Å². The Kier molecular flexibility index (Phi) is 2.49. The van der Waals surface area contributed by atoms with Gasteiger partial charge >= 0.3 is 0 Å². The number of rotatable bonds is 2. The summed E-state index contributed by atoms with van der Waals surface area (Å²) in [5, 5.41) is 8.09. The van der Waals surface area contributed by atoms with E-state index in [0.29, 0.717) is 12.1 Å². The number of nitrogens with one attached hydrogen (secondary N) is 1. The van der Waals surface area contributed by atoms with E-state index in [9.17, 15) is 0 Å². The molecule has 0 amide bonds. The molecule has 2 aliphatic rings. The van der Waals surface area contributed by atoms with E-state index in [1.807, 2.05) is 6.20 Å². The maximum Gasteiger partial charge on any atom is 0.0556 e. The van der Waals surface area contributed by atoms with Crippen molar-refractivity contribution in [3.05, 3.63) is 18.0 Å². The average molecular weight is 205 g/mol. The van der Waals surface area contributed by atoms with Gasteiger partial charge in [0.15, 0.2) is 0 Å². The first-order chi connectivity index (χ1) is 7.45. The predicted octanol–water partition coefficient (Wildman–Crippen LogP) is 2.42.